The first-order valence-electron chi connectivity index (χ1n) is 35.5. The molecule has 3 N–H and O–H groups in total. The predicted molar refractivity (Wildman–Crippen MR) is 349 cm³/mol. The van der Waals surface area contributed by atoms with E-state index in [0.29, 0.717) is 31.6 Å². The van der Waals surface area contributed by atoms with Crippen LogP contribution in [0.1, 0.15) is 343 Å². The number of aliphatic hydroxyl groups excluding tert-OH is 1. The summed E-state index contributed by atoms with van der Waals surface area (Å²) in [5.41, 5.74) is 0. The molecule has 0 heterocycles. The maximum Gasteiger partial charge on any atom is 0.472 e. The summed E-state index contributed by atoms with van der Waals surface area (Å²) in [6, 6.07) is 0. The zero-order chi connectivity index (χ0) is 64.3. The normalized spacial score (nSPS) is 14.2. The lowest BCUT2D eigenvalue weighted by Gasteiger charge is -2.21. The molecule has 0 saturated heterocycles. The summed E-state index contributed by atoms with van der Waals surface area (Å²) in [6.45, 7) is 9.35. The van der Waals surface area contributed by atoms with E-state index >= 15 is 0 Å². The molecule has 5 atom stereocenters. The molecule has 0 aromatic carbocycles. The van der Waals surface area contributed by atoms with Crippen LogP contribution in [-0.2, 0) is 65.4 Å². The van der Waals surface area contributed by atoms with Crippen molar-refractivity contribution < 1.29 is 80.2 Å². The molecule has 0 aliphatic rings. The number of hydrogen-bond donors (Lipinski definition) is 3. The highest BCUT2D eigenvalue weighted by atomic mass is 31.2. The van der Waals surface area contributed by atoms with Gasteiger partial charge < -0.3 is 33.8 Å². The molecular weight excluding hydrogens is 1150 g/mol. The number of unbranched alkanes of at least 4 members (excludes halogenated alkanes) is 37. The maximum atomic E-state index is 13.0. The number of phosphoric acid groups is 2. The fraction of sp³-hybridized carbons (Fsp3) is 0.941. The number of carbonyl (C=O) groups excluding carboxylic acids is 4. The SMILES string of the molecule is CCCCCCCCCCCCCCCCCCCCCC(=O)O[C@H](COC(=O)CCCCCCCCCCCCCC(C)C)COP(=O)(O)OC[C@@H](O)COP(=O)(O)OC[C@@H](COC(=O)CCCCCCC)OC(=O)CCCCCCCCC(C)C. The van der Waals surface area contributed by atoms with Crippen LogP contribution in [0.3, 0.4) is 0 Å². The van der Waals surface area contributed by atoms with E-state index in [9.17, 15) is 43.2 Å². The summed E-state index contributed by atoms with van der Waals surface area (Å²) in [4.78, 5) is 72.1. The molecule has 0 amide bonds. The summed E-state index contributed by atoms with van der Waals surface area (Å²) in [6.07, 6.45) is 45.1. The van der Waals surface area contributed by atoms with E-state index in [1.165, 1.54) is 154 Å². The number of carbonyl (C=O) groups is 4. The summed E-state index contributed by atoms with van der Waals surface area (Å²) >= 11 is 0. The van der Waals surface area contributed by atoms with Gasteiger partial charge in [0.2, 0.25) is 0 Å². The zero-order valence-electron chi connectivity index (χ0n) is 56.3. The van der Waals surface area contributed by atoms with Gasteiger partial charge in [-0.3, -0.25) is 37.3 Å². The molecule has 516 valence electrons. The van der Waals surface area contributed by atoms with Gasteiger partial charge in [0.25, 0.3) is 0 Å². The van der Waals surface area contributed by atoms with E-state index < -0.39 is 97.5 Å². The number of phosphoric ester groups is 2. The number of ether oxygens (including phenoxy) is 4. The molecule has 17 nitrogen and oxygen atoms in total. The first-order valence-corrected chi connectivity index (χ1v) is 38.5. The molecular formula is C68H132O17P2. The Labute approximate surface area is 530 Å². The standard InChI is InChI=1S/C68H132O17P2/c1-7-9-11-13-14-15-16-17-18-19-20-21-22-23-26-30-33-40-46-52-67(72)84-64(57-79-66(71)51-45-39-32-29-27-24-25-28-31-37-42-48-60(3)4)59-83-87(76,77)81-55-62(69)54-80-86(74,75)82-58-63(56-78-65(70)50-44-36-12-10-8-2)85-68(73)53-47-41-35-34-38-43-49-61(5)6/h60-64,69H,7-59H2,1-6H3,(H,74,75)(H,76,77)/t62-,63+,64+/m0/s1. The molecule has 2 unspecified atom stereocenters. The predicted octanol–water partition coefficient (Wildman–Crippen LogP) is 19.2. The molecule has 0 rings (SSSR count). The smallest absolute Gasteiger partial charge is 0.462 e. The van der Waals surface area contributed by atoms with E-state index in [0.717, 1.165) is 102 Å². The summed E-state index contributed by atoms with van der Waals surface area (Å²) in [5.74, 6) is -0.702. The van der Waals surface area contributed by atoms with Crippen LogP contribution in [0.25, 0.3) is 0 Å². The van der Waals surface area contributed by atoms with Gasteiger partial charge in [0.15, 0.2) is 12.2 Å². The van der Waals surface area contributed by atoms with Crippen LogP contribution in [-0.4, -0.2) is 96.7 Å². The van der Waals surface area contributed by atoms with Crippen LogP contribution in [0.4, 0.5) is 0 Å². The lowest BCUT2D eigenvalue weighted by Crippen LogP contribution is -2.30. The molecule has 19 heteroatoms. The third kappa shape index (κ3) is 62.6. The lowest BCUT2D eigenvalue weighted by molar-refractivity contribution is -0.161. The van der Waals surface area contributed by atoms with Gasteiger partial charge in [-0.05, 0) is 37.5 Å². The van der Waals surface area contributed by atoms with Crippen molar-refractivity contribution in [1.82, 2.24) is 0 Å². The van der Waals surface area contributed by atoms with Crippen molar-refractivity contribution in [3.8, 4) is 0 Å². The van der Waals surface area contributed by atoms with Gasteiger partial charge >= 0.3 is 39.5 Å². The van der Waals surface area contributed by atoms with Crippen LogP contribution < -0.4 is 0 Å². The van der Waals surface area contributed by atoms with Crippen molar-refractivity contribution in [2.24, 2.45) is 11.8 Å². The van der Waals surface area contributed by atoms with Crippen LogP contribution in [0.5, 0.6) is 0 Å². The van der Waals surface area contributed by atoms with Crippen LogP contribution in [0.2, 0.25) is 0 Å². The number of hydrogen-bond acceptors (Lipinski definition) is 15. The molecule has 0 bridgehead atoms. The van der Waals surface area contributed by atoms with Crippen molar-refractivity contribution >= 4 is 39.5 Å². The van der Waals surface area contributed by atoms with E-state index in [4.69, 9.17) is 37.0 Å². The monoisotopic (exact) mass is 1280 g/mol. The zero-order valence-corrected chi connectivity index (χ0v) is 58.1. The third-order valence-corrected chi connectivity index (χ3v) is 17.6. The Kier molecular flexibility index (Phi) is 59.0. The average Bonchev–Trinajstić information content (AvgIpc) is 3.56. The molecule has 0 aromatic heterocycles. The van der Waals surface area contributed by atoms with Crippen molar-refractivity contribution in [2.45, 2.75) is 362 Å². The van der Waals surface area contributed by atoms with E-state index in [1.807, 2.05) is 0 Å². The number of esters is 4. The summed E-state index contributed by atoms with van der Waals surface area (Å²) < 4.78 is 67.9. The molecule has 0 aliphatic carbocycles. The lowest BCUT2D eigenvalue weighted by atomic mass is 10.0. The Hall–Kier alpha value is -1.94. The molecule has 0 aliphatic heterocycles. The van der Waals surface area contributed by atoms with Crippen LogP contribution in [0, 0.1) is 11.8 Å². The quantitative estimate of drug-likeness (QED) is 0.0222. The Balaban J connectivity index is 5.13. The van der Waals surface area contributed by atoms with Gasteiger partial charge in [0, 0.05) is 25.7 Å². The molecule has 0 saturated carbocycles. The molecule has 87 heavy (non-hydrogen) atoms. The van der Waals surface area contributed by atoms with E-state index in [1.54, 1.807) is 0 Å². The fourth-order valence-electron chi connectivity index (χ4n) is 10.2. The summed E-state index contributed by atoms with van der Waals surface area (Å²) in [5, 5.41) is 10.5. The third-order valence-electron chi connectivity index (χ3n) is 15.7. The van der Waals surface area contributed by atoms with Crippen molar-refractivity contribution in [1.29, 1.82) is 0 Å². The van der Waals surface area contributed by atoms with E-state index in [-0.39, 0.29) is 25.7 Å². The first kappa shape index (κ1) is 85.1. The average molecular weight is 1280 g/mol. The summed E-state index contributed by atoms with van der Waals surface area (Å²) in [7, 11) is -9.88. The Bertz CT molecular complexity index is 1700. The highest BCUT2D eigenvalue weighted by Crippen LogP contribution is 2.45. The van der Waals surface area contributed by atoms with Crippen LogP contribution in [0.15, 0.2) is 0 Å². The second-order valence-corrected chi connectivity index (χ2v) is 28.4. The Morgan fingerprint density at radius 2 is 0.529 bits per heavy atom. The first-order chi connectivity index (χ1) is 41.9. The van der Waals surface area contributed by atoms with Crippen molar-refractivity contribution in [2.75, 3.05) is 39.6 Å². The van der Waals surface area contributed by atoms with Crippen molar-refractivity contribution in [3.63, 3.8) is 0 Å². The van der Waals surface area contributed by atoms with Gasteiger partial charge in [0.1, 0.15) is 19.3 Å². The topological polar surface area (TPSA) is 237 Å². The van der Waals surface area contributed by atoms with Crippen molar-refractivity contribution in [3.05, 3.63) is 0 Å². The minimum Gasteiger partial charge on any atom is -0.462 e. The minimum absolute atomic E-state index is 0.101. The maximum absolute atomic E-state index is 13.0. The minimum atomic E-state index is -4.95. The van der Waals surface area contributed by atoms with Gasteiger partial charge in [-0.2, -0.15) is 0 Å². The van der Waals surface area contributed by atoms with Gasteiger partial charge in [-0.1, -0.05) is 292 Å². The highest BCUT2D eigenvalue weighted by molar-refractivity contribution is 7.47. The second kappa shape index (κ2) is 60.3. The number of rotatable bonds is 67. The molecule has 0 spiro atoms. The molecule has 0 aromatic rings. The van der Waals surface area contributed by atoms with Gasteiger partial charge in [0.05, 0.1) is 26.4 Å². The number of aliphatic hydroxyl groups is 1. The van der Waals surface area contributed by atoms with Crippen LogP contribution >= 0.6 is 15.6 Å². The Morgan fingerprint density at radius 1 is 0.310 bits per heavy atom. The molecule has 0 radical (unpaired) electrons. The van der Waals surface area contributed by atoms with E-state index in [2.05, 4.69) is 41.5 Å². The second-order valence-electron chi connectivity index (χ2n) is 25.5. The highest BCUT2D eigenvalue weighted by Gasteiger charge is 2.30. The fourth-order valence-corrected chi connectivity index (χ4v) is 11.8. The van der Waals surface area contributed by atoms with Gasteiger partial charge in [-0.15, -0.1) is 0 Å². The molecule has 0 fully saturated rings. The Morgan fingerprint density at radius 3 is 0.782 bits per heavy atom. The van der Waals surface area contributed by atoms with Gasteiger partial charge in [-0.25, -0.2) is 9.13 Å². The largest absolute Gasteiger partial charge is 0.472 e.